The lowest BCUT2D eigenvalue weighted by Gasteiger charge is -2.19. The normalized spacial score (nSPS) is 11.0. The highest BCUT2D eigenvalue weighted by Crippen LogP contribution is 2.23. The van der Waals surface area contributed by atoms with E-state index >= 15 is 0 Å². The van der Waals surface area contributed by atoms with Crippen LogP contribution in [0.2, 0.25) is 0 Å². The molecule has 0 aliphatic carbocycles. The van der Waals surface area contributed by atoms with Gasteiger partial charge >= 0.3 is 0 Å². The minimum atomic E-state index is -0.261. The first-order chi connectivity index (χ1) is 15.1. The molecule has 5 nitrogen and oxygen atoms in total. The second-order valence-corrected chi connectivity index (χ2v) is 9.52. The van der Waals surface area contributed by atoms with Crippen molar-refractivity contribution in [3.05, 3.63) is 87.9 Å². The molecule has 6 heteroatoms. The molecule has 32 heavy (non-hydrogen) atoms. The van der Waals surface area contributed by atoms with Gasteiger partial charge in [-0.2, -0.15) is 0 Å². The van der Waals surface area contributed by atoms with Gasteiger partial charge < -0.3 is 15.4 Å². The lowest BCUT2D eigenvalue weighted by atomic mass is 9.87. The maximum Gasteiger partial charge on any atom is 0.262 e. The first kappa shape index (κ1) is 23.5. The molecule has 0 heterocycles. The Morgan fingerprint density at radius 1 is 0.875 bits per heavy atom. The third-order valence-electron chi connectivity index (χ3n) is 4.94. The van der Waals surface area contributed by atoms with Gasteiger partial charge in [0.15, 0.2) is 6.61 Å². The lowest BCUT2D eigenvalue weighted by Crippen LogP contribution is -2.20. The van der Waals surface area contributed by atoms with Gasteiger partial charge in [0.05, 0.1) is 0 Å². The van der Waals surface area contributed by atoms with Gasteiger partial charge in [0, 0.05) is 21.4 Å². The Kier molecular flexibility index (Phi) is 7.36. The standard InChI is InChI=1S/C26H27BrN2O3/c1-17-15-20(27)9-14-23(17)32-16-24(30)28-21-10-12-22(13-11-21)29-25(31)18-5-7-19(8-6-18)26(2,3)4/h5-15H,16H2,1-4H3,(H,28,30)(H,29,31). The monoisotopic (exact) mass is 494 g/mol. The van der Waals surface area contributed by atoms with Crippen LogP contribution in [0.3, 0.4) is 0 Å². The summed E-state index contributed by atoms with van der Waals surface area (Å²) in [6.45, 7) is 8.23. The molecule has 0 aromatic heterocycles. The summed E-state index contributed by atoms with van der Waals surface area (Å²) in [5.41, 5.74) is 4.02. The van der Waals surface area contributed by atoms with Crippen molar-refractivity contribution >= 4 is 39.1 Å². The zero-order chi connectivity index (χ0) is 23.3. The van der Waals surface area contributed by atoms with Crippen LogP contribution in [0.5, 0.6) is 5.75 Å². The number of carbonyl (C=O) groups is 2. The first-order valence-electron chi connectivity index (χ1n) is 10.3. The number of amides is 2. The van der Waals surface area contributed by atoms with Crippen LogP contribution in [0.4, 0.5) is 11.4 Å². The fourth-order valence-electron chi connectivity index (χ4n) is 3.08. The van der Waals surface area contributed by atoms with Crippen LogP contribution in [-0.2, 0) is 10.2 Å². The number of aryl methyl sites for hydroxylation is 1. The number of nitrogens with one attached hydrogen (secondary N) is 2. The van der Waals surface area contributed by atoms with Crippen LogP contribution < -0.4 is 15.4 Å². The van der Waals surface area contributed by atoms with Crippen molar-refractivity contribution in [3.63, 3.8) is 0 Å². The van der Waals surface area contributed by atoms with Gasteiger partial charge in [0.25, 0.3) is 11.8 Å². The zero-order valence-electron chi connectivity index (χ0n) is 18.7. The van der Waals surface area contributed by atoms with Crippen LogP contribution >= 0.6 is 15.9 Å². The fraction of sp³-hybridized carbons (Fsp3) is 0.231. The maximum absolute atomic E-state index is 12.5. The summed E-state index contributed by atoms with van der Waals surface area (Å²) < 4.78 is 6.55. The molecule has 0 fully saturated rings. The number of rotatable bonds is 6. The Hall–Kier alpha value is -3.12. The molecule has 2 amide bonds. The van der Waals surface area contributed by atoms with Gasteiger partial charge in [0.1, 0.15) is 5.75 Å². The Morgan fingerprint density at radius 2 is 1.47 bits per heavy atom. The topological polar surface area (TPSA) is 67.4 Å². The van der Waals surface area contributed by atoms with E-state index in [-0.39, 0.29) is 23.8 Å². The highest BCUT2D eigenvalue weighted by Gasteiger charge is 2.14. The van der Waals surface area contributed by atoms with E-state index in [0.717, 1.165) is 10.0 Å². The Morgan fingerprint density at radius 3 is 2.03 bits per heavy atom. The molecule has 2 N–H and O–H groups in total. The van der Waals surface area contributed by atoms with Crippen LogP contribution in [0.15, 0.2) is 71.2 Å². The summed E-state index contributed by atoms with van der Waals surface area (Å²) in [7, 11) is 0. The quantitative estimate of drug-likeness (QED) is 0.420. The average molecular weight is 495 g/mol. The molecule has 0 unspecified atom stereocenters. The van der Waals surface area contributed by atoms with Crippen LogP contribution in [-0.4, -0.2) is 18.4 Å². The molecule has 3 aromatic carbocycles. The van der Waals surface area contributed by atoms with Crippen LogP contribution in [0.1, 0.15) is 42.3 Å². The summed E-state index contributed by atoms with van der Waals surface area (Å²) in [6.07, 6.45) is 0. The van der Waals surface area contributed by atoms with E-state index in [1.54, 1.807) is 24.3 Å². The van der Waals surface area contributed by atoms with Crippen molar-refractivity contribution in [3.8, 4) is 5.75 Å². The number of hydrogen-bond acceptors (Lipinski definition) is 3. The number of carbonyl (C=O) groups excluding carboxylic acids is 2. The third kappa shape index (κ3) is 6.44. The molecule has 0 bridgehead atoms. The number of hydrogen-bond donors (Lipinski definition) is 2. The van der Waals surface area contributed by atoms with E-state index < -0.39 is 0 Å². The van der Waals surface area contributed by atoms with Gasteiger partial charge in [0.2, 0.25) is 0 Å². The van der Waals surface area contributed by atoms with Crippen molar-refractivity contribution in [2.24, 2.45) is 0 Å². The fourth-order valence-corrected chi connectivity index (χ4v) is 3.55. The summed E-state index contributed by atoms with van der Waals surface area (Å²) in [5, 5.41) is 5.66. The third-order valence-corrected chi connectivity index (χ3v) is 5.43. The molecule has 0 spiro atoms. The Labute approximate surface area is 197 Å². The highest BCUT2D eigenvalue weighted by molar-refractivity contribution is 9.10. The number of halogens is 1. The van der Waals surface area contributed by atoms with Crippen molar-refractivity contribution in [1.29, 1.82) is 0 Å². The van der Waals surface area contributed by atoms with Crippen molar-refractivity contribution in [2.45, 2.75) is 33.1 Å². The van der Waals surface area contributed by atoms with E-state index in [9.17, 15) is 9.59 Å². The second kappa shape index (κ2) is 10.0. The Bertz CT molecular complexity index is 1100. The van der Waals surface area contributed by atoms with E-state index in [1.807, 2.05) is 49.4 Å². The smallest absolute Gasteiger partial charge is 0.262 e. The van der Waals surface area contributed by atoms with Gasteiger partial charge in [-0.25, -0.2) is 0 Å². The molecule has 3 rings (SSSR count). The first-order valence-corrected chi connectivity index (χ1v) is 11.1. The molecule has 0 aliphatic heterocycles. The van der Waals surface area contributed by atoms with E-state index in [0.29, 0.717) is 22.7 Å². The number of anilines is 2. The minimum absolute atomic E-state index is 0.0391. The second-order valence-electron chi connectivity index (χ2n) is 8.61. The van der Waals surface area contributed by atoms with E-state index in [4.69, 9.17) is 4.74 Å². The molecule has 0 saturated carbocycles. The molecule has 0 saturated heterocycles. The lowest BCUT2D eigenvalue weighted by molar-refractivity contribution is -0.118. The van der Waals surface area contributed by atoms with E-state index in [1.165, 1.54) is 5.56 Å². The molecular weight excluding hydrogens is 468 g/mol. The molecular formula is C26H27BrN2O3. The van der Waals surface area contributed by atoms with Crippen LogP contribution in [0, 0.1) is 6.92 Å². The van der Waals surface area contributed by atoms with Gasteiger partial charge in [-0.15, -0.1) is 0 Å². The molecule has 0 atom stereocenters. The number of benzene rings is 3. The maximum atomic E-state index is 12.5. The van der Waals surface area contributed by atoms with Crippen LogP contribution in [0.25, 0.3) is 0 Å². The number of ether oxygens (including phenoxy) is 1. The summed E-state index contributed by atoms with van der Waals surface area (Å²) in [6, 6.07) is 20.2. The molecule has 0 aliphatic rings. The Balaban J connectivity index is 1.53. The molecule has 3 aromatic rings. The highest BCUT2D eigenvalue weighted by atomic mass is 79.9. The van der Waals surface area contributed by atoms with Crippen molar-refractivity contribution in [2.75, 3.05) is 17.2 Å². The zero-order valence-corrected chi connectivity index (χ0v) is 20.2. The van der Waals surface area contributed by atoms with E-state index in [2.05, 4.69) is 47.3 Å². The molecule has 0 radical (unpaired) electrons. The summed E-state index contributed by atoms with van der Waals surface area (Å²) in [5.74, 6) is 0.223. The SMILES string of the molecule is Cc1cc(Br)ccc1OCC(=O)Nc1ccc(NC(=O)c2ccc(C(C)(C)C)cc2)cc1. The molecule has 166 valence electrons. The van der Waals surface area contributed by atoms with Crippen molar-refractivity contribution < 1.29 is 14.3 Å². The van der Waals surface area contributed by atoms with Gasteiger partial charge in [-0.3, -0.25) is 9.59 Å². The van der Waals surface area contributed by atoms with Gasteiger partial charge in [-0.1, -0.05) is 48.8 Å². The van der Waals surface area contributed by atoms with Crippen molar-refractivity contribution in [1.82, 2.24) is 0 Å². The predicted molar refractivity (Wildman–Crippen MR) is 133 cm³/mol. The minimum Gasteiger partial charge on any atom is -0.483 e. The average Bonchev–Trinajstić information content (AvgIpc) is 2.74. The summed E-state index contributed by atoms with van der Waals surface area (Å²) in [4.78, 5) is 24.7. The van der Waals surface area contributed by atoms with Gasteiger partial charge in [-0.05, 0) is 78.1 Å². The summed E-state index contributed by atoms with van der Waals surface area (Å²) >= 11 is 3.40. The largest absolute Gasteiger partial charge is 0.483 e. The predicted octanol–water partition coefficient (Wildman–Crippen LogP) is 6.32.